The molecule has 1 aromatic heterocycles. The summed E-state index contributed by atoms with van der Waals surface area (Å²) in [6.45, 7) is 4.31. The number of nitrogens with zero attached hydrogens (tertiary/aromatic N) is 1. The van der Waals surface area contributed by atoms with Crippen molar-refractivity contribution < 1.29 is 39.9 Å². The molecule has 1 aliphatic rings. The fourth-order valence-corrected chi connectivity index (χ4v) is 3.62. The molecule has 10 heteroatoms. The van der Waals surface area contributed by atoms with Crippen LogP contribution in [-0.2, 0) is 20.7 Å². The van der Waals surface area contributed by atoms with Crippen molar-refractivity contribution in [3.63, 3.8) is 0 Å². The van der Waals surface area contributed by atoms with Crippen LogP contribution in [0.15, 0.2) is 29.6 Å². The van der Waals surface area contributed by atoms with Gasteiger partial charge < -0.3 is 30.3 Å². The molecule has 9 nitrogen and oxygen atoms in total. The number of benzene rings is 1. The molecule has 0 spiro atoms. The molecular weight excluding hydrogens is 414 g/mol. The Balaban J connectivity index is 0.000000274. The molecule has 1 fully saturated rings. The third-order valence-corrected chi connectivity index (χ3v) is 5.46. The molecule has 30 heavy (non-hydrogen) atoms. The highest BCUT2D eigenvalue weighted by molar-refractivity contribution is 7.17. The van der Waals surface area contributed by atoms with Crippen LogP contribution in [0.1, 0.15) is 12.0 Å². The molecule has 1 aliphatic heterocycles. The van der Waals surface area contributed by atoms with Crippen molar-refractivity contribution in [3.8, 4) is 0 Å². The monoisotopic (exact) mass is 441 g/mol. The predicted molar refractivity (Wildman–Crippen MR) is 111 cm³/mol. The summed E-state index contributed by atoms with van der Waals surface area (Å²) in [7, 11) is 0. The minimum Gasteiger partial charge on any atom is -0.479 e. The summed E-state index contributed by atoms with van der Waals surface area (Å²) in [5, 5.41) is 45.2. The van der Waals surface area contributed by atoms with E-state index in [2.05, 4.69) is 34.5 Å². The highest BCUT2D eigenvalue weighted by Crippen LogP contribution is 2.21. The lowest BCUT2D eigenvalue weighted by molar-refractivity contribution is -0.165. The van der Waals surface area contributed by atoms with Crippen molar-refractivity contribution in [2.75, 3.05) is 32.8 Å². The zero-order valence-electron chi connectivity index (χ0n) is 16.4. The van der Waals surface area contributed by atoms with Gasteiger partial charge in [0.25, 0.3) is 0 Å². The smallest absolute Gasteiger partial charge is 0.335 e. The topological polar surface area (TPSA) is 148 Å². The Morgan fingerprint density at radius 2 is 1.77 bits per heavy atom. The van der Waals surface area contributed by atoms with Gasteiger partial charge in [-0.2, -0.15) is 0 Å². The maximum absolute atomic E-state index is 9.77. The number of aliphatic carboxylic acids is 2. The normalized spacial score (nSPS) is 16.4. The third kappa shape index (κ3) is 7.63. The molecule has 0 saturated carbocycles. The quantitative estimate of drug-likeness (QED) is 0.331. The maximum atomic E-state index is 9.77. The largest absolute Gasteiger partial charge is 0.479 e. The fraction of sp³-hybridized carbons (Fsp3) is 0.500. The Kier molecular flexibility index (Phi) is 9.63. The molecule has 5 N–H and O–H groups in total. The van der Waals surface area contributed by atoms with Crippen molar-refractivity contribution in [2.24, 2.45) is 0 Å². The molecule has 166 valence electrons. The van der Waals surface area contributed by atoms with E-state index in [0.717, 1.165) is 45.7 Å². The molecule has 2 atom stereocenters. The van der Waals surface area contributed by atoms with Crippen molar-refractivity contribution >= 4 is 33.4 Å². The summed E-state index contributed by atoms with van der Waals surface area (Å²) in [6, 6.07) is 8.83. The van der Waals surface area contributed by atoms with Gasteiger partial charge in [-0.3, -0.25) is 4.90 Å². The van der Waals surface area contributed by atoms with Crippen LogP contribution < -0.4 is 0 Å². The minimum absolute atomic E-state index is 0.0945. The Hall–Kier alpha value is -2.08. The van der Waals surface area contributed by atoms with Gasteiger partial charge in [0.1, 0.15) is 0 Å². The number of β-amino-alcohol motifs (C(OH)–C–C–N with tert-alkyl or cyclic N) is 1. The summed E-state index contributed by atoms with van der Waals surface area (Å²) in [4.78, 5) is 21.8. The molecule has 0 amide bonds. The first-order valence-corrected chi connectivity index (χ1v) is 10.4. The van der Waals surface area contributed by atoms with Crippen molar-refractivity contribution in [1.29, 1.82) is 0 Å². The summed E-state index contributed by atoms with van der Waals surface area (Å²) < 4.78 is 7.04. The van der Waals surface area contributed by atoms with E-state index in [1.807, 2.05) is 0 Å². The summed E-state index contributed by atoms with van der Waals surface area (Å²) >= 11 is 1.79. The lowest BCUT2D eigenvalue weighted by atomic mass is 10.1. The molecule has 2 aromatic rings. The van der Waals surface area contributed by atoms with E-state index in [1.165, 1.54) is 15.6 Å². The van der Waals surface area contributed by atoms with E-state index in [0.29, 0.717) is 0 Å². The zero-order chi connectivity index (χ0) is 22.1. The number of hydrogen-bond donors (Lipinski definition) is 5. The van der Waals surface area contributed by atoms with Crippen LogP contribution in [0, 0.1) is 0 Å². The average molecular weight is 442 g/mol. The molecule has 3 rings (SSSR count). The van der Waals surface area contributed by atoms with Gasteiger partial charge in [-0.15, -0.1) is 11.3 Å². The Bertz CT molecular complexity index is 802. The Morgan fingerprint density at radius 1 is 1.10 bits per heavy atom. The van der Waals surface area contributed by atoms with Crippen molar-refractivity contribution in [1.82, 2.24) is 4.90 Å². The lowest BCUT2D eigenvalue weighted by Crippen LogP contribution is -2.50. The van der Waals surface area contributed by atoms with Crippen LogP contribution in [0.5, 0.6) is 0 Å². The number of carboxylic acids is 2. The molecule has 2 unspecified atom stereocenters. The first-order valence-electron chi connectivity index (χ1n) is 9.54. The van der Waals surface area contributed by atoms with E-state index >= 15 is 0 Å². The third-order valence-electron chi connectivity index (χ3n) is 4.56. The second kappa shape index (κ2) is 11.9. The number of rotatable bonds is 10. The number of thiophene rings is 1. The first-order chi connectivity index (χ1) is 14.3. The van der Waals surface area contributed by atoms with Crippen molar-refractivity contribution in [2.45, 2.75) is 31.2 Å². The second-order valence-electron chi connectivity index (χ2n) is 6.99. The van der Waals surface area contributed by atoms with Crippen LogP contribution in [-0.4, -0.2) is 93.5 Å². The van der Waals surface area contributed by atoms with Crippen LogP contribution in [0.25, 0.3) is 10.1 Å². The maximum Gasteiger partial charge on any atom is 0.335 e. The van der Waals surface area contributed by atoms with Crippen LogP contribution in [0.2, 0.25) is 0 Å². The summed E-state index contributed by atoms with van der Waals surface area (Å²) in [6.07, 6.45) is -2.59. The SMILES string of the molecule is O=C(O)C(O)C(O)C(=O)O.OC1CN(CCCOCCc2ccc3sccc3c2)C1. The number of aliphatic hydroxyl groups is 3. The van der Waals surface area contributed by atoms with Crippen molar-refractivity contribution in [3.05, 3.63) is 35.2 Å². The van der Waals surface area contributed by atoms with Crippen LogP contribution in [0.3, 0.4) is 0 Å². The van der Waals surface area contributed by atoms with Crippen LogP contribution in [0.4, 0.5) is 0 Å². The Morgan fingerprint density at radius 3 is 2.37 bits per heavy atom. The highest BCUT2D eigenvalue weighted by Gasteiger charge is 2.29. The number of carboxylic acid groups (broad SMARTS) is 2. The number of aliphatic hydroxyl groups excluding tert-OH is 3. The van der Waals surface area contributed by atoms with Gasteiger partial charge in [0, 0.05) is 30.9 Å². The highest BCUT2D eigenvalue weighted by atomic mass is 32.1. The molecule has 0 bridgehead atoms. The first kappa shape index (κ1) is 24.2. The lowest BCUT2D eigenvalue weighted by Gasteiger charge is -2.35. The summed E-state index contributed by atoms with van der Waals surface area (Å²) in [5.74, 6) is -3.54. The fourth-order valence-electron chi connectivity index (χ4n) is 2.85. The predicted octanol–water partition coefficient (Wildman–Crippen LogP) is 0.404. The van der Waals surface area contributed by atoms with E-state index in [4.69, 9.17) is 25.2 Å². The van der Waals surface area contributed by atoms with Crippen LogP contribution >= 0.6 is 11.3 Å². The zero-order valence-corrected chi connectivity index (χ0v) is 17.2. The molecule has 0 radical (unpaired) electrons. The second-order valence-corrected chi connectivity index (χ2v) is 7.94. The molecule has 2 heterocycles. The molecule has 0 aliphatic carbocycles. The molecule has 1 saturated heterocycles. The van der Waals surface area contributed by atoms with E-state index in [1.54, 1.807) is 11.3 Å². The van der Waals surface area contributed by atoms with Gasteiger partial charge in [-0.25, -0.2) is 9.59 Å². The van der Waals surface area contributed by atoms with Gasteiger partial charge >= 0.3 is 11.9 Å². The number of ether oxygens (including phenoxy) is 1. The van der Waals surface area contributed by atoms with E-state index in [9.17, 15) is 14.7 Å². The average Bonchev–Trinajstić information content (AvgIpc) is 3.16. The number of hydrogen-bond acceptors (Lipinski definition) is 8. The summed E-state index contributed by atoms with van der Waals surface area (Å²) in [5.41, 5.74) is 1.35. The van der Waals surface area contributed by atoms with E-state index in [-0.39, 0.29) is 6.10 Å². The van der Waals surface area contributed by atoms with Gasteiger partial charge in [-0.1, -0.05) is 12.1 Å². The molecule has 1 aromatic carbocycles. The standard InChI is InChI=1S/C16H21NO2S.C4H6O6/c18-15-11-17(12-15)6-1-7-19-8-4-13-2-3-16-14(10-13)5-9-20-16;5-1(3(7)8)2(6)4(9)10/h2-3,5,9-10,15,18H,1,4,6-8,11-12H2;1-2,5-6H,(H,7,8)(H,9,10). The Labute approximate surface area is 177 Å². The number of likely N-dealkylation sites (tertiary alicyclic amines) is 1. The number of carbonyl (C=O) groups is 2. The van der Waals surface area contributed by atoms with E-state index < -0.39 is 24.1 Å². The van der Waals surface area contributed by atoms with Gasteiger partial charge in [-0.05, 0) is 41.3 Å². The number of fused-ring (bicyclic) bond motifs is 1. The molecular formula is C20H27NO8S. The minimum atomic E-state index is -2.27. The van der Waals surface area contributed by atoms with Gasteiger partial charge in [0.2, 0.25) is 0 Å². The van der Waals surface area contributed by atoms with Gasteiger partial charge in [0.05, 0.1) is 12.7 Å². The van der Waals surface area contributed by atoms with Gasteiger partial charge in [0.15, 0.2) is 12.2 Å².